The van der Waals surface area contributed by atoms with E-state index in [1.165, 1.54) is 18.5 Å². The van der Waals surface area contributed by atoms with Crippen molar-refractivity contribution in [2.45, 2.75) is 31.5 Å². The summed E-state index contributed by atoms with van der Waals surface area (Å²) in [5.41, 5.74) is 2.93. The van der Waals surface area contributed by atoms with Crippen LogP contribution in [0.1, 0.15) is 12.8 Å². The van der Waals surface area contributed by atoms with Crippen molar-refractivity contribution in [3.8, 4) is 17.3 Å². The van der Waals surface area contributed by atoms with E-state index in [4.69, 9.17) is 9.97 Å². The molecule has 2 bridgehead atoms. The smallest absolute Gasteiger partial charge is 0.278 e. The highest BCUT2D eigenvalue weighted by Gasteiger charge is 2.38. The van der Waals surface area contributed by atoms with Gasteiger partial charge >= 0.3 is 0 Å². The average molecular weight is 547 g/mol. The van der Waals surface area contributed by atoms with Gasteiger partial charge < -0.3 is 15.1 Å². The fourth-order valence-electron chi connectivity index (χ4n) is 6.09. The number of fused-ring (bicyclic) bond motifs is 3. The third-order valence-corrected chi connectivity index (χ3v) is 7.81. The van der Waals surface area contributed by atoms with E-state index in [1.807, 2.05) is 18.2 Å². The summed E-state index contributed by atoms with van der Waals surface area (Å²) in [5.74, 6) is 1.39. The van der Waals surface area contributed by atoms with Gasteiger partial charge in [0, 0.05) is 55.1 Å². The molecule has 11 nitrogen and oxygen atoms in total. The standard InChI is InChI=1S/C30H30N10O/c1-3-16-38-29(41)24-17-33-30(34-20-8-10-21(11-9-20)39-22-12-13-23(39)19-37(2)18-22)36-28(24)40(38)26-7-4-6-25(35-26)27-31-14-5-15-32-27/h3-11,14-15,17,22-23H,1,12-13,16,18-19H2,2H3,(H,33,34,36). The van der Waals surface area contributed by atoms with Gasteiger partial charge in [0.05, 0.1) is 6.54 Å². The molecule has 0 spiro atoms. The third-order valence-electron chi connectivity index (χ3n) is 7.81. The summed E-state index contributed by atoms with van der Waals surface area (Å²) >= 11 is 0. The Morgan fingerprint density at radius 1 is 0.976 bits per heavy atom. The highest BCUT2D eigenvalue weighted by Crippen LogP contribution is 2.35. The fourth-order valence-corrected chi connectivity index (χ4v) is 6.09. The van der Waals surface area contributed by atoms with Gasteiger partial charge in [-0.05, 0) is 62.4 Å². The molecule has 4 aromatic heterocycles. The van der Waals surface area contributed by atoms with Crippen LogP contribution >= 0.6 is 0 Å². The van der Waals surface area contributed by atoms with Gasteiger partial charge in [-0.2, -0.15) is 4.98 Å². The van der Waals surface area contributed by atoms with E-state index in [2.05, 4.69) is 68.0 Å². The summed E-state index contributed by atoms with van der Waals surface area (Å²) in [6, 6.07) is 16.8. The molecule has 0 aliphatic carbocycles. The highest BCUT2D eigenvalue weighted by molar-refractivity contribution is 5.77. The van der Waals surface area contributed by atoms with Gasteiger partial charge in [0.2, 0.25) is 5.95 Å². The minimum absolute atomic E-state index is 0.222. The van der Waals surface area contributed by atoms with E-state index in [-0.39, 0.29) is 12.1 Å². The lowest BCUT2D eigenvalue weighted by atomic mass is 10.1. The predicted octanol–water partition coefficient (Wildman–Crippen LogP) is 3.65. The molecule has 0 amide bonds. The van der Waals surface area contributed by atoms with Crippen LogP contribution in [0.15, 0.2) is 84.6 Å². The second-order valence-electron chi connectivity index (χ2n) is 10.6. The number of anilines is 3. The number of piperazine rings is 1. The molecule has 2 fully saturated rings. The van der Waals surface area contributed by atoms with E-state index in [0.717, 1.165) is 18.8 Å². The summed E-state index contributed by atoms with van der Waals surface area (Å²) in [6.45, 7) is 6.32. The summed E-state index contributed by atoms with van der Waals surface area (Å²) in [7, 11) is 2.21. The van der Waals surface area contributed by atoms with Crippen molar-refractivity contribution in [3.63, 3.8) is 0 Å². The van der Waals surface area contributed by atoms with Crippen LogP contribution in [0.4, 0.5) is 17.3 Å². The number of pyridine rings is 1. The SMILES string of the molecule is C=CCn1c(=O)c2cnc(Nc3ccc(N4C5CCC4CN(C)C5)cc3)nc2n1-c1cccc(-c2ncccn2)n1. The highest BCUT2D eigenvalue weighted by atomic mass is 16.1. The van der Waals surface area contributed by atoms with E-state index >= 15 is 0 Å². The molecular weight excluding hydrogens is 516 g/mol. The van der Waals surface area contributed by atoms with Gasteiger partial charge in [-0.3, -0.25) is 4.79 Å². The third kappa shape index (κ3) is 4.53. The minimum Gasteiger partial charge on any atom is -0.363 e. The van der Waals surface area contributed by atoms with E-state index in [0.29, 0.717) is 46.4 Å². The van der Waals surface area contributed by atoms with Gasteiger partial charge in [-0.1, -0.05) is 12.1 Å². The molecule has 11 heteroatoms. The quantitative estimate of drug-likeness (QED) is 0.306. The number of hydrogen-bond donors (Lipinski definition) is 1. The number of rotatable bonds is 7. The Bertz CT molecular complexity index is 1770. The van der Waals surface area contributed by atoms with Crippen LogP contribution in [-0.4, -0.2) is 71.4 Å². The molecule has 2 aliphatic heterocycles. The Labute approximate surface area is 236 Å². The average Bonchev–Trinajstić information content (AvgIpc) is 3.43. The van der Waals surface area contributed by atoms with Crippen LogP contribution in [0.5, 0.6) is 0 Å². The summed E-state index contributed by atoms with van der Waals surface area (Å²) in [4.78, 5) is 41.0. The van der Waals surface area contributed by atoms with Crippen LogP contribution in [0.3, 0.4) is 0 Å². The Morgan fingerprint density at radius 3 is 2.46 bits per heavy atom. The zero-order chi connectivity index (χ0) is 27.9. The van der Waals surface area contributed by atoms with E-state index < -0.39 is 0 Å². The number of likely N-dealkylation sites (N-methyl/N-ethyl adjacent to an activating group) is 1. The summed E-state index contributed by atoms with van der Waals surface area (Å²) < 4.78 is 3.25. The Kier molecular flexibility index (Phi) is 6.27. The Hall–Kier alpha value is -4.90. The van der Waals surface area contributed by atoms with Gasteiger partial charge in [0.15, 0.2) is 17.3 Å². The molecule has 7 rings (SSSR count). The van der Waals surface area contributed by atoms with Crippen LogP contribution in [0.25, 0.3) is 28.4 Å². The van der Waals surface area contributed by atoms with Crippen molar-refractivity contribution < 1.29 is 0 Å². The molecule has 1 aromatic carbocycles. The largest absolute Gasteiger partial charge is 0.363 e. The molecule has 0 saturated carbocycles. The number of allylic oxidation sites excluding steroid dienone is 1. The Morgan fingerprint density at radius 2 is 1.73 bits per heavy atom. The number of nitrogens with one attached hydrogen (secondary N) is 1. The van der Waals surface area contributed by atoms with Crippen molar-refractivity contribution in [3.05, 3.63) is 90.1 Å². The predicted molar refractivity (Wildman–Crippen MR) is 159 cm³/mol. The number of likely N-dealkylation sites (tertiary alicyclic amines) is 1. The van der Waals surface area contributed by atoms with Crippen molar-refractivity contribution >= 4 is 28.4 Å². The molecule has 6 heterocycles. The summed E-state index contributed by atoms with van der Waals surface area (Å²) in [5, 5.41) is 3.70. The molecular formula is C30H30N10O. The van der Waals surface area contributed by atoms with Crippen molar-refractivity contribution in [2.75, 3.05) is 30.4 Å². The monoisotopic (exact) mass is 546 g/mol. The van der Waals surface area contributed by atoms with Crippen LogP contribution in [0.2, 0.25) is 0 Å². The molecule has 206 valence electrons. The zero-order valence-corrected chi connectivity index (χ0v) is 22.8. The van der Waals surface area contributed by atoms with Gasteiger partial charge in [0.1, 0.15) is 11.1 Å². The number of benzene rings is 1. The number of aromatic nitrogens is 7. The van der Waals surface area contributed by atoms with Gasteiger partial charge in [-0.15, -0.1) is 6.58 Å². The van der Waals surface area contributed by atoms with Crippen molar-refractivity contribution in [2.24, 2.45) is 0 Å². The lowest BCUT2D eigenvalue weighted by Gasteiger charge is -2.41. The second kappa shape index (κ2) is 10.3. The first-order valence-electron chi connectivity index (χ1n) is 13.8. The number of hydrogen-bond acceptors (Lipinski definition) is 9. The maximum absolute atomic E-state index is 13.3. The van der Waals surface area contributed by atoms with Crippen molar-refractivity contribution in [1.82, 2.24) is 39.2 Å². The maximum Gasteiger partial charge on any atom is 0.278 e. The normalized spacial score (nSPS) is 18.6. The molecule has 5 aromatic rings. The molecule has 0 radical (unpaired) electrons. The van der Waals surface area contributed by atoms with Crippen molar-refractivity contribution in [1.29, 1.82) is 0 Å². The van der Waals surface area contributed by atoms with Gasteiger partial charge in [0.25, 0.3) is 5.56 Å². The van der Waals surface area contributed by atoms with Crippen LogP contribution in [-0.2, 0) is 6.54 Å². The molecule has 2 unspecified atom stereocenters. The second-order valence-corrected chi connectivity index (χ2v) is 10.6. The van der Waals surface area contributed by atoms with Crippen LogP contribution in [0, 0.1) is 0 Å². The minimum atomic E-state index is -0.222. The first-order chi connectivity index (χ1) is 20.1. The lowest BCUT2D eigenvalue weighted by molar-refractivity contribution is 0.265. The molecule has 2 atom stereocenters. The lowest BCUT2D eigenvalue weighted by Crippen LogP contribution is -2.52. The first kappa shape index (κ1) is 25.1. The molecule has 2 saturated heterocycles. The van der Waals surface area contributed by atoms with E-state index in [1.54, 1.807) is 40.1 Å². The fraction of sp³-hybridized carbons (Fsp3) is 0.267. The topological polar surface area (TPSA) is 110 Å². The molecule has 2 aliphatic rings. The van der Waals surface area contributed by atoms with E-state index in [9.17, 15) is 4.79 Å². The molecule has 41 heavy (non-hydrogen) atoms. The maximum atomic E-state index is 13.3. The summed E-state index contributed by atoms with van der Waals surface area (Å²) in [6.07, 6.45) is 9.05. The molecule has 1 N–H and O–H groups in total. The zero-order valence-electron chi connectivity index (χ0n) is 22.8. The van der Waals surface area contributed by atoms with Crippen LogP contribution < -0.4 is 15.8 Å². The number of nitrogens with zero attached hydrogens (tertiary/aromatic N) is 9. The first-order valence-corrected chi connectivity index (χ1v) is 13.8. The van der Waals surface area contributed by atoms with Gasteiger partial charge in [-0.25, -0.2) is 29.3 Å². The Balaban J connectivity index is 1.22.